The third-order valence-corrected chi connectivity index (χ3v) is 5.66. The zero-order valence-electron chi connectivity index (χ0n) is 18.2. The van der Waals surface area contributed by atoms with Gasteiger partial charge in [-0.1, -0.05) is 30.3 Å². The summed E-state index contributed by atoms with van der Waals surface area (Å²) in [7, 11) is 1.74. The molecule has 1 aromatic carbocycles. The van der Waals surface area contributed by atoms with E-state index in [1.54, 1.807) is 14.0 Å². The number of hydrogen-bond donors (Lipinski definition) is 2. The summed E-state index contributed by atoms with van der Waals surface area (Å²) < 4.78 is 10.8. The van der Waals surface area contributed by atoms with Crippen LogP contribution in [0.2, 0.25) is 0 Å². The van der Waals surface area contributed by atoms with Gasteiger partial charge in [0.2, 0.25) is 0 Å². The molecule has 2 rings (SSSR count). The molecule has 1 heterocycles. The van der Waals surface area contributed by atoms with Gasteiger partial charge in [0, 0.05) is 20.2 Å². The fourth-order valence-corrected chi connectivity index (χ4v) is 3.71. The maximum absolute atomic E-state index is 12.0. The molecule has 0 saturated carbocycles. The number of thiazole rings is 1. The molecule has 0 saturated heterocycles. The first-order chi connectivity index (χ1) is 14.5. The maximum atomic E-state index is 12.0. The van der Waals surface area contributed by atoms with Crippen molar-refractivity contribution in [2.75, 3.05) is 26.8 Å². The topological polar surface area (TPSA) is 84.8 Å². The van der Waals surface area contributed by atoms with Gasteiger partial charge in [0.25, 0.3) is 0 Å². The Morgan fingerprint density at radius 2 is 2.03 bits per heavy atom. The number of aliphatic imine (C=N–C) groups is 1. The van der Waals surface area contributed by atoms with Crippen LogP contribution in [-0.2, 0) is 16.1 Å². The third-order valence-electron chi connectivity index (χ3n) is 4.34. The molecule has 8 heteroatoms. The van der Waals surface area contributed by atoms with E-state index in [9.17, 15) is 4.79 Å². The number of unbranched alkanes of at least 4 members (excludes halogenated alkanes) is 1. The maximum Gasteiger partial charge on any atom is 0.350 e. The number of aryl methyl sites for hydroxylation is 1. The van der Waals surface area contributed by atoms with Gasteiger partial charge in [-0.05, 0) is 39.2 Å². The van der Waals surface area contributed by atoms with Gasteiger partial charge in [0.1, 0.15) is 9.88 Å². The van der Waals surface area contributed by atoms with E-state index >= 15 is 0 Å². The van der Waals surface area contributed by atoms with E-state index < -0.39 is 0 Å². The Morgan fingerprint density at radius 3 is 2.73 bits per heavy atom. The molecule has 2 N–H and O–H groups in total. The molecule has 2 aromatic rings. The van der Waals surface area contributed by atoms with E-state index in [4.69, 9.17) is 9.47 Å². The average molecular weight is 433 g/mol. The molecule has 0 aliphatic heterocycles. The predicted octanol–water partition coefficient (Wildman–Crippen LogP) is 3.85. The second-order valence-corrected chi connectivity index (χ2v) is 7.83. The number of carbonyl (C=O) groups excluding carboxylic acids is 1. The molecule has 1 aromatic heterocycles. The lowest BCUT2D eigenvalue weighted by atomic mass is 10.2. The largest absolute Gasteiger partial charge is 0.462 e. The molecule has 0 bridgehead atoms. The Hall–Kier alpha value is -2.45. The van der Waals surface area contributed by atoms with Gasteiger partial charge in [-0.3, -0.25) is 4.99 Å². The normalized spacial score (nSPS) is 12.5. The number of benzene rings is 1. The first-order valence-electron chi connectivity index (χ1n) is 10.3. The second kappa shape index (κ2) is 13.0. The Bertz CT molecular complexity index is 808. The van der Waals surface area contributed by atoms with E-state index in [-0.39, 0.29) is 12.0 Å². The van der Waals surface area contributed by atoms with E-state index in [0.717, 1.165) is 31.0 Å². The van der Waals surface area contributed by atoms with Gasteiger partial charge in [-0.2, -0.15) is 0 Å². The highest BCUT2D eigenvalue weighted by molar-refractivity contribution is 7.13. The van der Waals surface area contributed by atoms with Crippen LogP contribution in [-0.4, -0.2) is 43.7 Å². The Labute approximate surface area is 182 Å². The monoisotopic (exact) mass is 432 g/mol. The average Bonchev–Trinajstić information content (AvgIpc) is 3.15. The summed E-state index contributed by atoms with van der Waals surface area (Å²) in [6, 6.07) is 10.1. The molecule has 0 radical (unpaired) electrons. The smallest absolute Gasteiger partial charge is 0.350 e. The van der Waals surface area contributed by atoms with Gasteiger partial charge in [-0.25, -0.2) is 9.78 Å². The van der Waals surface area contributed by atoms with E-state index in [2.05, 4.69) is 32.7 Å². The highest BCUT2D eigenvalue weighted by Crippen LogP contribution is 2.24. The van der Waals surface area contributed by atoms with Crippen molar-refractivity contribution in [2.45, 2.75) is 46.3 Å². The lowest BCUT2D eigenvalue weighted by Gasteiger charge is -2.16. The first kappa shape index (κ1) is 23.8. The van der Waals surface area contributed by atoms with Crippen molar-refractivity contribution in [1.29, 1.82) is 0 Å². The van der Waals surface area contributed by atoms with Gasteiger partial charge >= 0.3 is 5.97 Å². The number of nitrogens with one attached hydrogen (secondary N) is 2. The van der Waals surface area contributed by atoms with Gasteiger partial charge in [0.05, 0.1) is 24.9 Å². The van der Waals surface area contributed by atoms with Crippen LogP contribution in [0.3, 0.4) is 0 Å². The second-order valence-electron chi connectivity index (χ2n) is 6.80. The van der Waals surface area contributed by atoms with Crippen LogP contribution < -0.4 is 10.6 Å². The van der Waals surface area contributed by atoms with Crippen molar-refractivity contribution in [3.05, 3.63) is 51.5 Å². The van der Waals surface area contributed by atoms with Gasteiger partial charge in [0.15, 0.2) is 5.96 Å². The summed E-state index contributed by atoms with van der Waals surface area (Å²) in [4.78, 5) is 21.3. The van der Waals surface area contributed by atoms with E-state index in [1.165, 1.54) is 16.9 Å². The number of nitrogens with zero attached hydrogens (tertiary/aromatic N) is 2. The Morgan fingerprint density at radius 1 is 1.27 bits per heavy atom. The minimum atomic E-state index is -0.317. The van der Waals surface area contributed by atoms with Crippen molar-refractivity contribution < 1.29 is 14.3 Å². The van der Waals surface area contributed by atoms with Crippen LogP contribution in [0.5, 0.6) is 0 Å². The number of hydrogen-bond acceptors (Lipinski definition) is 6. The quantitative estimate of drug-likeness (QED) is 0.243. The van der Waals surface area contributed by atoms with Gasteiger partial charge in [-0.15, -0.1) is 11.3 Å². The van der Waals surface area contributed by atoms with Crippen molar-refractivity contribution in [2.24, 2.45) is 4.99 Å². The summed E-state index contributed by atoms with van der Waals surface area (Å²) in [6.07, 6.45) is 1.95. The molecule has 1 atom stereocenters. The van der Waals surface area contributed by atoms with Crippen LogP contribution in [0, 0.1) is 6.92 Å². The molecule has 7 nitrogen and oxygen atoms in total. The lowest BCUT2D eigenvalue weighted by Crippen LogP contribution is -2.39. The minimum Gasteiger partial charge on any atom is -0.462 e. The zero-order chi connectivity index (χ0) is 21.8. The fraction of sp³-hybridized carbons (Fsp3) is 0.500. The molecular formula is C22H32N4O3S. The number of esters is 1. The lowest BCUT2D eigenvalue weighted by molar-refractivity contribution is 0.0531. The standard InChI is InChI=1S/C22H32N4O3S/c1-5-29-21(27)19-16(2)25-20(30-19)17(3)26-22(23-4)24-13-9-10-14-28-15-18-11-7-6-8-12-18/h6-8,11-12,17H,5,9-10,13-15H2,1-4H3,(H2,23,24,26). The molecule has 1 unspecified atom stereocenters. The Kier molecular flexibility index (Phi) is 10.3. The summed E-state index contributed by atoms with van der Waals surface area (Å²) in [5.41, 5.74) is 1.89. The third kappa shape index (κ3) is 7.76. The van der Waals surface area contributed by atoms with Crippen LogP contribution in [0.15, 0.2) is 35.3 Å². The fourth-order valence-electron chi connectivity index (χ4n) is 2.75. The summed E-state index contributed by atoms with van der Waals surface area (Å²) in [6.45, 7) is 8.15. The molecule has 0 aliphatic rings. The Balaban J connectivity index is 1.69. The predicted molar refractivity (Wildman–Crippen MR) is 121 cm³/mol. The van der Waals surface area contributed by atoms with E-state index in [1.807, 2.05) is 32.0 Å². The number of ether oxygens (including phenoxy) is 2. The van der Waals surface area contributed by atoms with Crippen LogP contribution in [0.1, 0.15) is 58.7 Å². The van der Waals surface area contributed by atoms with Crippen LogP contribution in [0.4, 0.5) is 0 Å². The number of aromatic nitrogens is 1. The SMILES string of the molecule is CCOC(=O)c1sc(C(C)NC(=NC)NCCCCOCc2ccccc2)nc1C. The van der Waals surface area contributed by atoms with E-state index in [0.29, 0.717) is 29.7 Å². The van der Waals surface area contributed by atoms with Crippen molar-refractivity contribution in [3.63, 3.8) is 0 Å². The first-order valence-corrected chi connectivity index (χ1v) is 11.1. The molecule has 30 heavy (non-hydrogen) atoms. The number of carbonyl (C=O) groups is 1. The van der Waals surface area contributed by atoms with Crippen LogP contribution in [0.25, 0.3) is 0 Å². The minimum absolute atomic E-state index is 0.0720. The molecule has 0 spiro atoms. The molecular weight excluding hydrogens is 400 g/mol. The highest BCUT2D eigenvalue weighted by atomic mass is 32.1. The molecule has 164 valence electrons. The summed E-state index contributed by atoms with van der Waals surface area (Å²) >= 11 is 1.36. The summed E-state index contributed by atoms with van der Waals surface area (Å²) in [5, 5.41) is 7.46. The molecule has 0 fully saturated rings. The van der Waals surface area contributed by atoms with Crippen molar-refractivity contribution >= 4 is 23.3 Å². The molecule has 0 amide bonds. The van der Waals surface area contributed by atoms with Crippen LogP contribution >= 0.6 is 11.3 Å². The number of rotatable bonds is 11. The summed E-state index contributed by atoms with van der Waals surface area (Å²) in [5.74, 6) is 0.390. The molecule has 0 aliphatic carbocycles. The number of guanidine groups is 1. The van der Waals surface area contributed by atoms with Crippen molar-refractivity contribution in [3.8, 4) is 0 Å². The van der Waals surface area contributed by atoms with Crippen molar-refractivity contribution in [1.82, 2.24) is 15.6 Å². The highest BCUT2D eigenvalue weighted by Gasteiger charge is 2.20. The zero-order valence-corrected chi connectivity index (χ0v) is 19.1. The van der Waals surface area contributed by atoms with Gasteiger partial charge < -0.3 is 20.1 Å².